The fourth-order valence-electron chi connectivity index (χ4n) is 4.77. The van der Waals surface area contributed by atoms with Gasteiger partial charge in [-0.3, -0.25) is 4.57 Å². The number of rotatable bonds is 3. The van der Waals surface area contributed by atoms with Crippen LogP contribution in [0.4, 0.5) is 0 Å². The highest BCUT2D eigenvalue weighted by atomic mass is 16.8. The molecule has 3 fully saturated rings. The molecular weight excluding hydrogens is 358 g/mol. The quantitative estimate of drug-likeness (QED) is 0.810. The van der Waals surface area contributed by atoms with Crippen molar-refractivity contribution in [3.05, 3.63) is 18.3 Å². The molecule has 0 bridgehead atoms. The summed E-state index contributed by atoms with van der Waals surface area (Å²) in [5, 5.41) is 0. The minimum absolute atomic E-state index is 0.142. The third-order valence-electron chi connectivity index (χ3n) is 6.08. The Bertz CT molecular complexity index is 930. The highest BCUT2D eigenvalue weighted by molar-refractivity contribution is 5.73. The molecule has 2 saturated heterocycles. The molecule has 4 heterocycles. The van der Waals surface area contributed by atoms with E-state index in [0.717, 1.165) is 18.5 Å². The van der Waals surface area contributed by atoms with Crippen LogP contribution >= 0.6 is 0 Å². The van der Waals surface area contributed by atoms with Crippen LogP contribution in [0.15, 0.2) is 12.7 Å². The minimum Gasteiger partial charge on any atom is -0.341 e. The summed E-state index contributed by atoms with van der Waals surface area (Å²) in [6.07, 6.45) is 12.0. The van der Waals surface area contributed by atoms with Crippen LogP contribution in [0, 0.1) is 18.3 Å². The number of fused-ring (bicyclic) bond motifs is 2. The van der Waals surface area contributed by atoms with E-state index in [1.165, 1.54) is 12.8 Å². The molecule has 2 N–H and O–H groups in total. The van der Waals surface area contributed by atoms with E-state index in [-0.39, 0.29) is 18.2 Å². The lowest BCUT2D eigenvalue weighted by molar-refractivity contribution is -0.190. The van der Waals surface area contributed by atoms with E-state index < -0.39 is 18.1 Å². The maximum atomic E-state index is 6.55. The van der Waals surface area contributed by atoms with Gasteiger partial charge in [-0.1, -0.05) is 18.8 Å². The lowest BCUT2D eigenvalue weighted by atomic mass is 9.95. The molecular formula is C20H25N5O3. The molecule has 5 atom stereocenters. The molecule has 8 nitrogen and oxygen atoms in total. The van der Waals surface area contributed by atoms with E-state index in [9.17, 15) is 0 Å². The molecule has 8 heteroatoms. The van der Waals surface area contributed by atoms with Crippen LogP contribution in [0.3, 0.4) is 0 Å². The largest absolute Gasteiger partial charge is 0.341 e. The zero-order valence-corrected chi connectivity index (χ0v) is 16.1. The van der Waals surface area contributed by atoms with Crippen molar-refractivity contribution in [2.24, 2.45) is 11.7 Å². The van der Waals surface area contributed by atoms with Gasteiger partial charge in [-0.15, -0.1) is 6.42 Å². The SMILES string of the molecule is C#C[C@H]1O[C@@H](n2cnc3c(C(N)C4CCCC4)ncnc32)[C@@H]2OC(C)(C)O[C@@H]21. The summed E-state index contributed by atoms with van der Waals surface area (Å²) in [6, 6.07) is -0.142. The summed E-state index contributed by atoms with van der Waals surface area (Å²) in [4.78, 5) is 13.5. The van der Waals surface area contributed by atoms with Crippen LogP contribution in [0.5, 0.6) is 0 Å². The number of nitrogens with zero attached hydrogens (tertiary/aromatic N) is 4. The average molecular weight is 383 g/mol. The Hall–Kier alpha value is -2.05. The monoisotopic (exact) mass is 383 g/mol. The zero-order chi connectivity index (χ0) is 19.5. The van der Waals surface area contributed by atoms with Gasteiger partial charge >= 0.3 is 0 Å². The second kappa shape index (κ2) is 6.49. The van der Waals surface area contributed by atoms with Crippen molar-refractivity contribution in [2.45, 2.75) is 75.9 Å². The van der Waals surface area contributed by atoms with Crippen molar-refractivity contribution in [1.29, 1.82) is 0 Å². The first-order chi connectivity index (χ1) is 13.5. The van der Waals surface area contributed by atoms with Gasteiger partial charge in [0.25, 0.3) is 0 Å². The van der Waals surface area contributed by atoms with E-state index >= 15 is 0 Å². The van der Waals surface area contributed by atoms with Gasteiger partial charge in [0, 0.05) is 0 Å². The topological polar surface area (TPSA) is 97.3 Å². The Morgan fingerprint density at radius 1 is 1.21 bits per heavy atom. The van der Waals surface area contributed by atoms with Crippen molar-refractivity contribution in [3.8, 4) is 12.3 Å². The van der Waals surface area contributed by atoms with Gasteiger partial charge in [-0.2, -0.15) is 0 Å². The van der Waals surface area contributed by atoms with Gasteiger partial charge in [0.05, 0.1) is 18.1 Å². The lowest BCUT2D eigenvalue weighted by Crippen LogP contribution is -2.28. The number of aromatic nitrogens is 4. The van der Waals surface area contributed by atoms with Gasteiger partial charge in [0.15, 0.2) is 17.7 Å². The molecule has 1 aliphatic carbocycles. The third kappa shape index (κ3) is 2.73. The fraction of sp³-hybridized carbons (Fsp3) is 0.650. The molecule has 3 aliphatic rings. The predicted molar refractivity (Wildman–Crippen MR) is 101 cm³/mol. The second-order valence-electron chi connectivity index (χ2n) is 8.33. The Morgan fingerprint density at radius 2 is 1.96 bits per heavy atom. The number of nitrogens with two attached hydrogens (primary N) is 1. The van der Waals surface area contributed by atoms with Crippen molar-refractivity contribution in [3.63, 3.8) is 0 Å². The highest BCUT2D eigenvalue weighted by Gasteiger charge is 2.55. The van der Waals surface area contributed by atoms with Crippen LogP contribution in [0.1, 0.15) is 57.5 Å². The predicted octanol–water partition coefficient (Wildman–Crippen LogP) is 2.07. The zero-order valence-electron chi connectivity index (χ0n) is 16.1. The molecule has 28 heavy (non-hydrogen) atoms. The maximum absolute atomic E-state index is 6.55. The van der Waals surface area contributed by atoms with Crippen LogP contribution in [-0.4, -0.2) is 43.6 Å². The summed E-state index contributed by atoms with van der Waals surface area (Å²) in [6.45, 7) is 3.76. The van der Waals surface area contributed by atoms with E-state index in [1.54, 1.807) is 12.7 Å². The second-order valence-corrected chi connectivity index (χ2v) is 8.33. The first-order valence-corrected chi connectivity index (χ1v) is 9.89. The number of ether oxygens (including phenoxy) is 3. The first-order valence-electron chi connectivity index (χ1n) is 9.89. The normalized spacial score (nSPS) is 33.2. The maximum Gasteiger partial charge on any atom is 0.167 e. The summed E-state index contributed by atoms with van der Waals surface area (Å²) in [7, 11) is 0. The smallest absolute Gasteiger partial charge is 0.167 e. The molecule has 1 unspecified atom stereocenters. The van der Waals surface area contributed by atoms with Crippen molar-refractivity contribution >= 4 is 11.2 Å². The summed E-state index contributed by atoms with van der Waals surface area (Å²) >= 11 is 0. The molecule has 2 aromatic rings. The molecule has 0 radical (unpaired) electrons. The summed E-state index contributed by atoms with van der Waals surface area (Å²) < 4.78 is 20.0. The van der Waals surface area contributed by atoms with Crippen LogP contribution in [0.2, 0.25) is 0 Å². The molecule has 2 aromatic heterocycles. The van der Waals surface area contributed by atoms with Gasteiger partial charge < -0.3 is 19.9 Å². The molecule has 0 amide bonds. The van der Waals surface area contributed by atoms with Crippen molar-refractivity contribution in [1.82, 2.24) is 19.5 Å². The minimum atomic E-state index is -0.714. The van der Waals surface area contributed by atoms with Crippen LogP contribution in [-0.2, 0) is 14.2 Å². The van der Waals surface area contributed by atoms with Gasteiger partial charge in [-0.25, -0.2) is 15.0 Å². The molecule has 2 aliphatic heterocycles. The van der Waals surface area contributed by atoms with E-state index in [1.807, 2.05) is 18.4 Å². The Kier molecular flexibility index (Phi) is 4.18. The molecule has 5 rings (SSSR count). The fourth-order valence-corrected chi connectivity index (χ4v) is 4.77. The average Bonchev–Trinajstić information content (AvgIpc) is 3.43. The number of terminal acetylenes is 1. The number of hydrogen-bond donors (Lipinski definition) is 1. The van der Waals surface area contributed by atoms with Crippen LogP contribution in [0.25, 0.3) is 11.2 Å². The number of imidazole rings is 1. The Balaban J connectivity index is 1.52. The molecule has 1 saturated carbocycles. The molecule has 0 aromatic carbocycles. The Labute approximate surface area is 163 Å². The highest BCUT2D eigenvalue weighted by Crippen LogP contribution is 2.44. The first kappa shape index (κ1) is 18.0. The van der Waals surface area contributed by atoms with Crippen molar-refractivity contribution in [2.75, 3.05) is 0 Å². The van der Waals surface area contributed by atoms with Crippen molar-refractivity contribution < 1.29 is 14.2 Å². The van der Waals surface area contributed by atoms with Gasteiger partial charge in [-0.05, 0) is 32.6 Å². The molecule has 0 spiro atoms. The standard InChI is InChI=1S/C20H25N5O3/c1-4-12-16-17(28-20(2,3)27-16)19(26-12)25-10-24-15-14(22-9-23-18(15)25)13(21)11-7-5-6-8-11/h1,9-13,16-17,19H,5-8,21H2,2-3H3/t12-,13?,16-,17-,19-/m1/s1. The Morgan fingerprint density at radius 3 is 2.71 bits per heavy atom. The lowest BCUT2D eigenvalue weighted by Gasteiger charge is -2.23. The number of hydrogen-bond acceptors (Lipinski definition) is 7. The van der Waals surface area contributed by atoms with Gasteiger partial charge in [0.1, 0.15) is 30.2 Å². The summed E-state index contributed by atoms with van der Waals surface area (Å²) in [5.41, 5.74) is 8.73. The van der Waals surface area contributed by atoms with E-state index in [4.69, 9.17) is 26.4 Å². The van der Waals surface area contributed by atoms with Gasteiger partial charge in [0.2, 0.25) is 0 Å². The van der Waals surface area contributed by atoms with E-state index in [0.29, 0.717) is 17.1 Å². The molecule has 148 valence electrons. The summed E-state index contributed by atoms with van der Waals surface area (Å²) in [5.74, 6) is 2.39. The van der Waals surface area contributed by atoms with E-state index in [2.05, 4.69) is 20.9 Å². The third-order valence-corrected chi connectivity index (χ3v) is 6.08. The van der Waals surface area contributed by atoms with Crippen LogP contribution < -0.4 is 5.73 Å².